The number of hydrogen-bond acceptors (Lipinski definition) is 5. The van der Waals surface area contributed by atoms with Crippen LogP contribution >= 0.6 is 22.0 Å². The van der Waals surface area contributed by atoms with Gasteiger partial charge in [0, 0.05) is 28.9 Å². The van der Waals surface area contributed by atoms with E-state index in [1.807, 2.05) is 20.8 Å². The van der Waals surface area contributed by atoms with Crippen LogP contribution in [0.5, 0.6) is 0 Å². The van der Waals surface area contributed by atoms with Crippen LogP contribution in [0.2, 0.25) is 0 Å². The Hall–Kier alpha value is -0.170. The van der Waals surface area contributed by atoms with Crippen LogP contribution < -0.4 is 0 Å². The van der Waals surface area contributed by atoms with E-state index in [1.165, 1.54) is 0 Å². The third-order valence-corrected chi connectivity index (χ3v) is 4.34. The van der Waals surface area contributed by atoms with Gasteiger partial charge in [0.2, 0.25) is 4.34 Å². The molecule has 0 N–H and O–H groups in total. The molecule has 4 nitrogen and oxygen atoms in total. The standard InChI is InChI=1S/C5H12O.C4H4ClNO2S2/c1-5(2,3)6-4;1-3-2-9-4(6-3)10(5,7)8/h1-4H3;2H,1H3. The van der Waals surface area contributed by atoms with Gasteiger partial charge in [0.25, 0.3) is 9.05 Å². The molecule has 16 heavy (non-hydrogen) atoms. The molecule has 0 bridgehead atoms. The smallest absolute Gasteiger partial charge is 0.288 e. The van der Waals surface area contributed by atoms with Crippen LogP contribution in [0.25, 0.3) is 0 Å². The fourth-order valence-electron chi connectivity index (χ4n) is 0.444. The molecule has 0 aromatic carbocycles. The molecule has 0 aliphatic rings. The second-order valence-electron chi connectivity index (χ2n) is 4.01. The summed E-state index contributed by atoms with van der Waals surface area (Å²) in [4.78, 5) is 3.68. The predicted molar refractivity (Wildman–Crippen MR) is 66.7 cm³/mol. The Kier molecular flexibility index (Phi) is 5.89. The minimum Gasteiger partial charge on any atom is -0.379 e. The summed E-state index contributed by atoms with van der Waals surface area (Å²) in [7, 11) is 3.10. The SMILES string of the molecule is COC(C)(C)C.Cc1csc(S(=O)(=O)Cl)n1. The van der Waals surface area contributed by atoms with Gasteiger partial charge in [0.15, 0.2) is 0 Å². The molecule has 0 fully saturated rings. The third kappa shape index (κ3) is 7.16. The number of halogens is 1. The molecule has 0 atom stereocenters. The first-order chi connectivity index (χ1) is 7.06. The van der Waals surface area contributed by atoms with Crippen LogP contribution in [0.1, 0.15) is 26.5 Å². The van der Waals surface area contributed by atoms with E-state index in [-0.39, 0.29) is 9.94 Å². The van der Waals surface area contributed by atoms with Crippen molar-refractivity contribution >= 4 is 31.1 Å². The van der Waals surface area contributed by atoms with Crippen LogP contribution in [0.4, 0.5) is 0 Å². The van der Waals surface area contributed by atoms with Crippen molar-refractivity contribution in [2.45, 2.75) is 37.6 Å². The maximum Gasteiger partial charge on any atom is 0.288 e. The van der Waals surface area contributed by atoms with Gasteiger partial charge in [0.05, 0.1) is 5.60 Å². The van der Waals surface area contributed by atoms with Gasteiger partial charge >= 0.3 is 0 Å². The summed E-state index contributed by atoms with van der Waals surface area (Å²) < 4.78 is 26.0. The van der Waals surface area contributed by atoms with Crippen LogP contribution in [0, 0.1) is 6.92 Å². The number of methoxy groups -OCH3 is 1. The number of aromatic nitrogens is 1. The van der Waals surface area contributed by atoms with Crippen LogP contribution in [-0.2, 0) is 13.8 Å². The van der Waals surface area contributed by atoms with E-state index >= 15 is 0 Å². The summed E-state index contributed by atoms with van der Waals surface area (Å²) in [6.07, 6.45) is 0. The van der Waals surface area contributed by atoms with Crippen molar-refractivity contribution in [1.82, 2.24) is 4.98 Å². The molecule has 0 radical (unpaired) electrons. The maximum absolute atomic E-state index is 10.6. The lowest BCUT2D eigenvalue weighted by atomic mass is 10.2. The van der Waals surface area contributed by atoms with Crippen molar-refractivity contribution in [3.05, 3.63) is 11.1 Å². The summed E-state index contributed by atoms with van der Waals surface area (Å²) in [6.45, 7) is 7.77. The summed E-state index contributed by atoms with van der Waals surface area (Å²) in [5.74, 6) is 0. The maximum atomic E-state index is 10.6. The van der Waals surface area contributed by atoms with Crippen LogP contribution in [0.15, 0.2) is 9.72 Å². The number of thiazole rings is 1. The molecular formula is C9H16ClNO3S2. The van der Waals surface area contributed by atoms with E-state index in [0.29, 0.717) is 5.69 Å². The van der Waals surface area contributed by atoms with Crippen molar-refractivity contribution in [3.8, 4) is 0 Å². The van der Waals surface area contributed by atoms with Crippen LogP contribution in [0.3, 0.4) is 0 Å². The third-order valence-electron chi connectivity index (χ3n) is 1.42. The molecule has 0 saturated heterocycles. The van der Waals surface area contributed by atoms with Crippen molar-refractivity contribution < 1.29 is 13.2 Å². The predicted octanol–water partition coefficient (Wildman–Crippen LogP) is 2.81. The molecule has 1 aromatic heterocycles. The van der Waals surface area contributed by atoms with E-state index in [4.69, 9.17) is 15.4 Å². The largest absolute Gasteiger partial charge is 0.379 e. The lowest BCUT2D eigenvalue weighted by Gasteiger charge is -2.14. The fourth-order valence-corrected chi connectivity index (χ4v) is 2.25. The molecule has 1 heterocycles. The van der Waals surface area contributed by atoms with Crippen LogP contribution in [-0.4, -0.2) is 26.1 Å². The Labute approximate surface area is 105 Å². The highest BCUT2D eigenvalue weighted by Gasteiger charge is 2.13. The molecule has 1 rings (SSSR count). The quantitative estimate of drug-likeness (QED) is 0.745. The second kappa shape index (κ2) is 5.95. The molecule has 0 unspecified atom stereocenters. The van der Waals surface area contributed by atoms with Crippen molar-refractivity contribution in [2.24, 2.45) is 0 Å². The molecule has 94 valence electrons. The Morgan fingerprint density at radius 1 is 1.44 bits per heavy atom. The number of ether oxygens (including phenoxy) is 1. The topological polar surface area (TPSA) is 56.3 Å². The lowest BCUT2D eigenvalue weighted by Crippen LogP contribution is -2.15. The number of hydrogen-bond donors (Lipinski definition) is 0. The molecular weight excluding hydrogens is 270 g/mol. The van der Waals surface area contributed by atoms with Crippen molar-refractivity contribution in [2.75, 3.05) is 7.11 Å². The summed E-state index contributed by atoms with van der Waals surface area (Å²) in [5.41, 5.74) is 0.712. The number of rotatable bonds is 1. The van der Waals surface area contributed by atoms with Gasteiger partial charge < -0.3 is 4.74 Å². The van der Waals surface area contributed by atoms with E-state index in [1.54, 1.807) is 19.4 Å². The average Bonchev–Trinajstić information content (AvgIpc) is 2.51. The Bertz CT molecular complexity index is 420. The molecule has 0 aliphatic heterocycles. The molecule has 1 aromatic rings. The molecule has 0 amide bonds. The molecule has 0 saturated carbocycles. The zero-order chi connectivity index (χ0) is 13.0. The zero-order valence-corrected chi connectivity index (χ0v) is 12.3. The average molecular weight is 286 g/mol. The van der Waals surface area contributed by atoms with Gasteiger partial charge in [-0.25, -0.2) is 13.4 Å². The summed E-state index contributed by atoms with van der Waals surface area (Å²) in [5, 5.41) is 1.63. The highest BCUT2D eigenvalue weighted by atomic mass is 35.7. The highest BCUT2D eigenvalue weighted by molar-refractivity contribution is 8.14. The summed E-state index contributed by atoms with van der Waals surface area (Å²) in [6, 6.07) is 0. The first-order valence-corrected chi connectivity index (χ1v) is 7.67. The van der Waals surface area contributed by atoms with E-state index in [9.17, 15) is 8.42 Å². The Balaban J connectivity index is 0.000000325. The minimum atomic E-state index is -3.60. The number of aryl methyl sites for hydroxylation is 1. The van der Waals surface area contributed by atoms with Gasteiger partial charge in [-0.2, -0.15) is 0 Å². The first-order valence-electron chi connectivity index (χ1n) is 4.48. The van der Waals surface area contributed by atoms with Crippen molar-refractivity contribution in [1.29, 1.82) is 0 Å². The fraction of sp³-hybridized carbons (Fsp3) is 0.667. The number of nitrogens with zero attached hydrogens (tertiary/aromatic N) is 1. The molecule has 0 aliphatic carbocycles. The highest BCUT2D eigenvalue weighted by Crippen LogP contribution is 2.18. The van der Waals surface area contributed by atoms with E-state index < -0.39 is 9.05 Å². The second-order valence-corrected chi connectivity index (χ2v) is 7.61. The van der Waals surface area contributed by atoms with Crippen molar-refractivity contribution in [3.63, 3.8) is 0 Å². The Morgan fingerprint density at radius 3 is 2.00 bits per heavy atom. The van der Waals surface area contributed by atoms with Gasteiger partial charge in [-0.15, -0.1) is 11.3 Å². The Morgan fingerprint density at radius 2 is 1.88 bits per heavy atom. The van der Waals surface area contributed by atoms with E-state index in [2.05, 4.69) is 4.98 Å². The summed E-state index contributed by atoms with van der Waals surface area (Å²) >= 11 is 1.03. The first kappa shape index (κ1) is 15.8. The lowest BCUT2D eigenvalue weighted by molar-refractivity contribution is 0.0397. The normalized spacial score (nSPS) is 11.9. The molecule has 0 spiro atoms. The minimum absolute atomic E-state index is 0.0355. The van der Waals surface area contributed by atoms with Gasteiger partial charge in [-0.05, 0) is 27.7 Å². The van der Waals surface area contributed by atoms with Gasteiger partial charge in [-0.1, -0.05) is 0 Å². The zero-order valence-electron chi connectivity index (χ0n) is 9.94. The van der Waals surface area contributed by atoms with Gasteiger partial charge in [-0.3, -0.25) is 0 Å². The molecule has 7 heteroatoms. The monoisotopic (exact) mass is 285 g/mol. The van der Waals surface area contributed by atoms with Gasteiger partial charge in [0.1, 0.15) is 0 Å². The van der Waals surface area contributed by atoms with E-state index in [0.717, 1.165) is 11.3 Å².